The van der Waals surface area contributed by atoms with Crippen molar-refractivity contribution in [2.75, 3.05) is 6.61 Å². The molecule has 2 rings (SSSR count). The summed E-state index contributed by atoms with van der Waals surface area (Å²) < 4.78 is 6.40. The van der Waals surface area contributed by atoms with E-state index in [9.17, 15) is 0 Å². The molecule has 0 saturated heterocycles. The van der Waals surface area contributed by atoms with Crippen molar-refractivity contribution in [2.24, 2.45) is 5.73 Å². The lowest BCUT2D eigenvalue weighted by atomic mass is 10.1. The Hall–Kier alpha value is -1.52. The first-order valence-electron chi connectivity index (χ1n) is 7.65. The molecule has 1 aromatic heterocycles. The summed E-state index contributed by atoms with van der Waals surface area (Å²) in [5, 5.41) is 29.1. The Balaban J connectivity index is 0.00000288. The van der Waals surface area contributed by atoms with Gasteiger partial charge in [-0.15, -0.1) is 17.5 Å². The zero-order chi connectivity index (χ0) is 16.7. The third-order valence-corrected chi connectivity index (χ3v) is 3.68. The summed E-state index contributed by atoms with van der Waals surface area (Å²) in [6.45, 7) is 2.30. The van der Waals surface area contributed by atoms with Crippen molar-refractivity contribution in [3.8, 4) is 0 Å². The van der Waals surface area contributed by atoms with Crippen LogP contribution in [0.5, 0.6) is 0 Å². The van der Waals surface area contributed by atoms with Crippen LogP contribution in [0, 0.1) is 0 Å². The monoisotopic (exact) mass is 355 g/mol. The largest absolute Gasteiger partial charge is 0.633 e. The second-order valence-corrected chi connectivity index (χ2v) is 5.37. The summed E-state index contributed by atoms with van der Waals surface area (Å²) in [4.78, 5) is 0. The van der Waals surface area contributed by atoms with E-state index in [2.05, 4.69) is 20.2 Å². The molecule has 1 heterocycles. The van der Waals surface area contributed by atoms with Crippen LogP contribution < -0.4 is 5.73 Å². The number of unbranched alkanes of at least 4 members (excludes halogenated alkanes) is 1. The molecule has 0 saturated carbocycles. The van der Waals surface area contributed by atoms with E-state index in [1.807, 2.05) is 37.3 Å². The van der Waals surface area contributed by atoms with Crippen LogP contribution >= 0.6 is 12.4 Å². The molecule has 1 unspecified atom stereocenters. The molecule has 0 spiro atoms. The first-order valence-corrected chi connectivity index (χ1v) is 7.65. The van der Waals surface area contributed by atoms with Crippen molar-refractivity contribution in [3.05, 3.63) is 41.7 Å². The minimum atomic E-state index is -1.72. The number of tetrazole rings is 1. The molecule has 4 N–H and O–H groups in total. The van der Waals surface area contributed by atoms with Crippen LogP contribution in [-0.4, -0.2) is 44.2 Å². The number of rotatable bonds is 9. The van der Waals surface area contributed by atoms with Crippen LogP contribution in [0.4, 0.5) is 0 Å². The van der Waals surface area contributed by atoms with Gasteiger partial charge in [-0.3, -0.25) is 0 Å². The zero-order valence-electron chi connectivity index (χ0n) is 13.5. The van der Waals surface area contributed by atoms with Gasteiger partial charge in [0.05, 0.1) is 12.1 Å². The van der Waals surface area contributed by atoms with Crippen LogP contribution in [0.1, 0.15) is 49.7 Å². The molecule has 8 nitrogen and oxygen atoms in total. The van der Waals surface area contributed by atoms with E-state index in [4.69, 9.17) is 15.8 Å². The molecule has 0 aliphatic rings. The molecule has 2 aromatic rings. The number of benzene rings is 1. The molecule has 2 atom stereocenters. The Kier molecular flexibility index (Phi) is 8.87. The number of hydrogen-bond acceptors (Lipinski definition) is 7. The lowest BCUT2D eigenvalue weighted by molar-refractivity contribution is 0.181. The van der Waals surface area contributed by atoms with Gasteiger partial charge in [0.25, 0.3) is 0 Å². The number of nitrogens with zero attached hydrogens (tertiary/aromatic N) is 4. The smallest absolute Gasteiger partial charge is 0.402 e. The topological polar surface area (TPSA) is 119 Å². The fourth-order valence-corrected chi connectivity index (χ4v) is 2.38. The number of halogens is 1. The van der Waals surface area contributed by atoms with Gasteiger partial charge < -0.3 is 20.4 Å². The van der Waals surface area contributed by atoms with Gasteiger partial charge in [0, 0.05) is 6.61 Å². The normalized spacial score (nSPS) is 13.2. The first kappa shape index (κ1) is 20.5. The predicted molar refractivity (Wildman–Crippen MR) is 92.2 cm³/mol. The fourth-order valence-electron chi connectivity index (χ4n) is 2.38. The van der Waals surface area contributed by atoms with Crippen molar-refractivity contribution >= 4 is 19.7 Å². The van der Waals surface area contributed by atoms with Gasteiger partial charge in [-0.2, -0.15) is 0 Å². The first-order chi connectivity index (χ1) is 11.1. The van der Waals surface area contributed by atoms with Crippen LogP contribution in [0.15, 0.2) is 30.3 Å². The molecule has 24 heavy (non-hydrogen) atoms. The summed E-state index contributed by atoms with van der Waals surface area (Å²) in [5.74, 6) is 0.643. The molecular weight excluding hydrogens is 332 g/mol. The van der Waals surface area contributed by atoms with E-state index < -0.39 is 7.32 Å². The van der Waals surface area contributed by atoms with Gasteiger partial charge in [-0.25, -0.2) is 4.68 Å². The minimum Gasteiger partial charge on any atom is -0.402 e. The quantitative estimate of drug-likeness (QED) is 0.451. The third kappa shape index (κ3) is 5.84. The second-order valence-electron chi connectivity index (χ2n) is 5.37. The maximum absolute atomic E-state index is 8.60. The Morgan fingerprint density at radius 1 is 1.25 bits per heavy atom. The fraction of sp³-hybridized carbons (Fsp3) is 0.500. The molecule has 1 aromatic carbocycles. The number of nitrogens with two attached hydrogens (primary N) is 1. The van der Waals surface area contributed by atoms with Crippen molar-refractivity contribution in [2.45, 2.75) is 38.3 Å². The average molecular weight is 356 g/mol. The highest BCUT2D eigenvalue weighted by atomic mass is 35.5. The molecule has 0 amide bonds. The van der Waals surface area contributed by atoms with E-state index in [0.29, 0.717) is 18.7 Å². The van der Waals surface area contributed by atoms with Gasteiger partial charge in [-0.1, -0.05) is 30.3 Å². The Morgan fingerprint density at radius 3 is 2.62 bits per heavy atom. The maximum atomic E-state index is 8.60. The molecule has 0 bridgehead atoms. The van der Waals surface area contributed by atoms with Crippen LogP contribution in [0.3, 0.4) is 0 Å². The molecule has 0 aliphatic heterocycles. The zero-order valence-corrected chi connectivity index (χ0v) is 14.3. The van der Waals surface area contributed by atoms with Gasteiger partial charge >= 0.3 is 7.32 Å². The van der Waals surface area contributed by atoms with E-state index in [1.54, 1.807) is 4.68 Å². The average Bonchev–Trinajstić information content (AvgIpc) is 3.04. The van der Waals surface area contributed by atoms with Crippen molar-refractivity contribution in [1.29, 1.82) is 0 Å². The van der Waals surface area contributed by atoms with Crippen molar-refractivity contribution in [1.82, 2.24) is 20.2 Å². The van der Waals surface area contributed by atoms with Gasteiger partial charge in [-0.05, 0) is 42.2 Å². The van der Waals surface area contributed by atoms with Crippen LogP contribution in [-0.2, 0) is 4.65 Å². The van der Waals surface area contributed by atoms with E-state index in [-0.39, 0.29) is 31.1 Å². The van der Waals surface area contributed by atoms with E-state index in [1.165, 1.54) is 0 Å². The maximum Gasteiger partial charge on any atom is 0.633 e. The van der Waals surface area contributed by atoms with Crippen molar-refractivity contribution in [3.63, 3.8) is 0 Å². The summed E-state index contributed by atoms with van der Waals surface area (Å²) in [6.07, 6.45) is 2.15. The lowest BCUT2D eigenvalue weighted by Crippen LogP contribution is -2.21. The summed E-state index contributed by atoms with van der Waals surface area (Å²) >= 11 is 0. The van der Waals surface area contributed by atoms with Gasteiger partial charge in [0.1, 0.15) is 0 Å². The number of hydrogen-bond donors (Lipinski definition) is 3. The lowest BCUT2D eigenvalue weighted by Gasteiger charge is -2.17. The van der Waals surface area contributed by atoms with E-state index >= 15 is 0 Å². The minimum absolute atomic E-state index is 0. The Morgan fingerprint density at radius 2 is 1.96 bits per heavy atom. The molecule has 0 fully saturated rings. The Labute approximate surface area is 147 Å². The van der Waals surface area contributed by atoms with Gasteiger partial charge in [0.2, 0.25) is 0 Å². The predicted octanol–water partition coefficient (Wildman–Crippen LogP) is 0.860. The standard InChI is InChI=1S/C14H22BN5O3.ClH/c1-11(12-7-3-2-4-8-12)20-14(17-18-19-20)13(16)9-5-6-10-23-15(21)22;/h2-4,7-8,11,13,21-22H,5-6,9-10,16H2,1H3;1H/t11-,13?;/m1./s1. The van der Waals surface area contributed by atoms with Gasteiger partial charge in [0.15, 0.2) is 5.82 Å². The number of aromatic nitrogens is 4. The summed E-state index contributed by atoms with van der Waals surface area (Å²) in [5.41, 5.74) is 7.31. The molecule has 132 valence electrons. The molecule has 0 radical (unpaired) electrons. The highest BCUT2D eigenvalue weighted by Gasteiger charge is 2.19. The highest BCUT2D eigenvalue weighted by Crippen LogP contribution is 2.21. The van der Waals surface area contributed by atoms with Crippen molar-refractivity contribution < 1.29 is 14.7 Å². The highest BCUT2D eigenvalue weighted by molar-refractivity contribution is 6.32. The van der Waals surface area contributed by atoms with Crippen LogP contribution in [0.2, 0.25) is 0 Å². The van der Waals surface area contributed by atoms with Crippen LogP contribution in [0.25, 0.3) is 0 Å². The summed E-state index contributed by atoms with van der Waals surface area (Å²) in [6, 6.07) is 9.69. The molecule has 10 heteroatoms. The molecular formula is C14H23BClN5O3. The third-order valence-electron chi connectivity index (χ3n) is 3.68. The van der Waals surface area contributed by atoms with E-state index in [0.717, 1.165) is 12.0 Å². The molecule has 0 aliphatic carbocycles. The second kappa shape index (κ2) is 10.4. The Bertz CT molecular complexity index is 587. The SMILES string of the molecule is C[C@H](c1ccccc1)n1nnnc1C(N)CCCCOB(O)O.Cl. The summed E-state index contributed by atoms with van der Waals surface area (Å²) in [7, 11) is -1.72.